The third-order valence-electron chi connectivity index (χ3n) is 3.96. The highest BCUT2D eigenvalue weighted by molar-refractivity contribution is 9.10. The van der Waals surface area contributed by atoms with Gasteiger partial charge in [0.15, 0.2) is 0 Å². The number of rotatable bonds is 2. The van der Waals surface area contributed by atoms with Gasteiger partial charge >= 0.3 is 0 Å². The Bertz CT molecular complexity index is 613. The zero-order chi connectivity index (χ0) is 14.8. The van der Waals surface area contributed by atoms with E-state index >= 15 is 0 Å². The van der Waals surface area contributed by atoms with Gasteiger partial charge in [0.1, 0.15) is 16.2 Å². The van der Waals surface area contributed by atoms with Crippen LogP contribution in [0.4, 0.5) is 5.82 Å². The van der Waals surface area contributed by atoms with Crippen molar-refractivity contribution in [1.82, 2.24) is 9.97 Å². The topological polar surface area (TPSA) is 29.0 Å². The van der Waals surface area contributed by atoms with E-state index in [0.29, 0.717) is 5.92 Å². The highest BCUT2D eigenvalue weighted by Gasteiger charge is 2.17. The molecule has 3 rings (SSSR count). The van der Waals surface area contributed by atoms with Crippen LogP contribution in [0.15, 0.2) is 34.9 Å². The first kappa shape index (κ1) is 14.5. The van der Waals surface area contributed by atoms with E-state index in [-0.39, 0.29) is 0 Å². The predicted octanol–water partition coefficient (Wildman–Crippen LogP) is 3.97. The summed E-state index contributed by atoms with van der Waals surface area (Å²) in [5.41, 5.74) is 2.94. The number of fused-ring (bicyclic) bond motifs is 1. The fourth-order valence-electron chi connectivity index (χ4n) is 2.74. The SMILES string of the molecule is CC(C)c1nc(Br)cc(N2CCc3ccccc3CC2)n1. The van der Waals surface area contributed by atoms with Crippen LogP contribution in [0.3, 0.4) is 0 Å². The van der Waals surface area contributed by atoms with Crippen LogP contribution in [0.1, 0.15) is 36.7 Å². The van der Waals surface area contributed by atoms with Gasteiger partial charge in [0.05, 0.1) is 0 Å². The number of hydrogen-bond donors (Lipinski definition) is 0. The van der Waals surface area contributed by atoms with Crippen molar-refractivity contribution in [3.63, 3.8) is 0 Å². The number of aromatic nitrogens is 2. The van der Waals surface area contributed by atoms with E-state index < -0.39 is 0 Å². The lowest BCUT2D eigenvalue weighted by atomic mass is 10.0. The molecule has 1 aromatic carbocycles. The Morgan fingerprint density at radius 2 is 1.67 bits per heavy atom. The maximum Gasteiger partial charge on any atom is 0.134 e. The van der Waals surface area contributed by atoms with Gasteiger partial charge in [0, 0.05) is 25.1 Å². The van der Waals surface area contributed by atoms with Crippen molar-refractivity contribution in [1.29, 1.82) is 0 Å². The van der Waals surface area contributed by atoms with E-state index in [2.05, 4.69) is 63.9 Å². The van der Waals surface area contributed by atoms with E-state index in [0.717, 1.165) is 42.2 Å². The molecule has 0 N–H and O–H groups in total. The normalized spacial score (nSPS) is 15.0. The first-order valence-corrected chi connectivity index (χ1v) is 8.29. The minimum atomic E-state index is 0.338. The summed E-state index contributed by atoms with van der Waals surface area (Å²) in [6.45, 7) is 6.28. The molecule has 0 unspecified atom stereocenters. The number of nitrogens with zero attached hydrogens (tertiary/aromatic N) is 3. The fourth-order valence-corrected chi connectivity index (χ4v) is 3.13. The summed E-state index contributed by atoms with van der Waals surface area (Å²) < 4.78 is 0.873. The maximum atomic E-state index is 4.75. The molecule has 1 aliphatic heterocycles. The Hall–Kier alpha value is -1.42. The molecule has 2 heterocycles. The van der Waals surface area contributed by atoms with Crippen LogP contribution in [0.2, 0.25) is 0 Å². The van der Waals surface area contributed by atoms with Crippen molar-refractivity contribution in [2.75, 3.05) is 18.0 Å². The number of anilines is 1. The fraction of sp³-hybridized carbons (Fsp3) is 0.412. The molecule has 110 valence electrons. The predicted molar refractivity (Wildman–Crippen MR) is 89.9 cm³/mol. The third kappa shape index (κ3) is 3.26. The van der Waals surface area contributed by atoms with Crippen LogP contribution >= 0.6 is 15.9 Å². The van der Waals surface area contributed by atoms with Gasteiger partial charge < -0.3 is 4.90 Å². The number of halogens is 1. The Kier molecular flexibility index (Phi) is 4.24. The average Bonchev–Trinajstić information content (AvgIpc) is 2.69. The van der Waals surface area contributed by atoms with Crippen LogP contribution in [-0.4, -0.2) is 23.1 Å². The van der Waals surface area contributed by atoms with E-state index in [4.69, 9.17) is 4.98 Å². The average molecular weight is 346 g/mol. The zero-order valence-electron chi connectivity index (χ0n) is 12.5. The zero-order valence-corrected chi connectivity index (χ0v) is 14.1. The van der Waals surface area contributed by atoms with Gasteiger partial charge in [-0.3, -0.25) is 0 Å². The molecule has 0 atom stereocenters. The molecule has 4 heteroatoms. The second-order valence-corrected chi connectivity index (χ2v) is 6.63. The molecule has 0 radical (unpaired) electrons. The van der Waals surface area contributed by atoms with E-state index in [1.807, 2.05) is 6.07 Å². The molecule has 0 saturated heterocycles. The molecule has 0 bridgehead atoms. The Labute approximate surface area is 134 Å². The lowest BCUT2D eigenvalue weighted by molar-refractivity contribution is 0.738. The lowest BCUT2D eigenvalue weighted by Crippen LogP contribution is -2.27. The minimum absolute atomic E-state index is 0.338. The largest absolute Gasteiger partial charge is 0.356 e. The van der Waals surface area contributed by atoms with Crippen molar-refractivity contribution in [3.05, 3.63) is 51.9 Å². The number of hydrogen-bond acceptors (Lipinski definition) is 3. The Morgan fingerprint density at radius 1 is 1.05 bits per heavy atom. The summed E-state index contributed by atoms with van der Waals surface area (Å²) in [5.74, 6) is 2.28. The highest BCUT2D eigenvalue weighted by Crippen LogP contribution is 2.23. The van der Waals surface area contributed by atoms with Crippen molar-refractivity contribution in [2.45, 2.75) is 32.6 Å². The van der Waals surface area contributed by atoms with Crippen molar-refractivity contribution < 1.29 is 0 Å². The first-order valence-electron chi connectivity index (χ1n) is 7.49. The summed E-state index contributed by atoms with van der Waals surface area (Å²) in [6, 6.07) is 10.8. The van der Waals surface area contributed by atoms with Gasteiger partial charge in [-0.25, -0.2) is 9.97 Å². The molecule has 0 fully saturated rings. The summed E-state index contributed by atoms with van der Waals surface area (Å²) in [5, 5.41) is 0. The summed E-state index contributed by atoms with van der Waals surface area (Å²) in [4.78, 5) is 11.6. The summed E-state index contributed by atoms with van der Waals surface area (Å²) in [7, 11) is 0. The lowest BCUT2D eigenvalue weighted by Gasteiger charge is -2.22. The molecule has 0 spiro atoms. The monoisotopic (exact) mass is 345 g/mol. The van der Waals surface area contributed by atoms with Crippen LogP contribution in [-0.2, 0) is 12.8 Å². The second kappa shape index (κ2) is 6.14. The molecule has 0 saturated carbocycles. The smallest absolute Gasteiger partial charge is 0.134 e. The van der Waals surface area contributed by atoms with Crippen LogP contribution < -0.4 is 4.90 Å². The van der Waals surface area contributed by atoms with Gasteiger partial charge in [-0.2, -0.15) is 0 Å². The highest BCUT2D eigenvalue weighted by atomic mass is 79.9. The molecule has 0 aliphatic carbocycles. The quantitative estimate of drug-likeness (QED) is 0.771. The summed E-state index contributed by atoms with van der Waals surface area (Å²) in [6.07, 6.45) is 2.16. The van der Waals surface area contributed by atoms with Crippen LogP contribution in [0, 0.1) is 0 Å². The molecule has 1 aliphatic rings. The molecular formula is C17H20BrN3. The third-order valence-corrected chi connectivity index (χ3v) is 4.37. The van der Waals surface area contributed by atoms with Gasteiger partial charge in [0.25, 0.3) is 0 Å². The molecule has 1 aromatic heterocycles. The van der Waals surface area contributed by atoms with Gasteiger partial charge in [0.2, 0.25) is 0 Å². The molecule has 21 heavy (non-hydrogen) atoms. The van der Waals surface area contributed by atoms with Gasteiger partial charge in [-0.05, 0) is 39.9 Å². The Balaban J connectivity index is 1.86. The Morgan fingerprint density at radius 3 is 2.24 bits per heavy atom. The number of benzene rings is 1. The summed E-state index contributed by atoms with van der Waals surface area (Å²) >= 11 is 3.52. The van der Waals surface area contributed by atoms with Crippen molar-refractivity contribution >= 4 is 21.7 Å². The molecule has 2 aromatic rings. The van der Waals surface area contributed by atoms with E-state index in [1.54, 1.807) is 0 Å². The molecule has 3 nitrogen and oxygen atoms in total. The second-order valence-electron chi connectivity index (χ2n) is 5.82. The van der Waals surface area contributed by atoms with Crippen LogP contribution in [0.5, 0.6) is 0 Å². The van der Waals surface area contributed by atoms with Gasteiger partial charge in [-0.1, -0.05) is 38.1 Å². The van der Waals surface area contributed by atoms with Crippen molar-refractivity contribution in [3.8, 4) is 0 Å². The van der Waals surface area contributed by atoms with E-state index in [1.165, 1.54) is 11.1 Å². The minimum Gasteiger partial charge on any atom is -0.356 e. The van der Waals surface area contributed by atoms with Crippen molar-refractivity contribution in [2.24, 2.45) is 0 Å². The first-order chi connectivity index (χ1) is 10.1. The van der Waals surface area contributed by atoms with E-state index in [9.17, 15) is 0 Å². The maximum absolute atomic E-state index is 4.75. The molecular weight excluding hydrogens is 326 g/mol. The molecule has 0 amide bonds. The van der Waals surface area contributed by atoms with Crippen LogP contribution in [0.25, 0.3) is 0 Å². The van der Waals surface area contributed by atoms with Gasteiger partial charge in [-0.15, -0.1) is 0 Å². The standard InChI is InChI=1S/C17H20BrN3/c1-12(2)17-19-15(18)11-16(20-17)21-9-7-13-5-3-4-6-14(13)8-10-21/h3-6,11-12H,7-10H2,1-2H3.